The maximum Gasteiger partial charge on any atom is 0.252 e. The predicted octanol–water partition coefficient (Wildman–Crippen LogP) is 4.30. The van der Waals surface area contributed by atoms with Crippen LogP contribution in [-0.4, -0.2) is 61.7 Å². The highest BCUT2D eigenvalue weighted by atomic mass is 19.1. The van der Waals surface area contributed by atoms with Crippen molar-refractivity contribution in [2.45, 2.75) is 57.1 Å². The first-order chi connectivity index (χ1) is 20.3. The molecule has 220 valence electrons. The van der Waals surface area contributed by atoms with Crippen molar-refractivity contribution >= 4 is 23.2 Å². The van der Waals surface area contributed by atoms with Crippen LogP contribution in [-0.2, 0) is 9.53 Å². The zero-order chi connectivity index (χ0) is 29.3. The number of nitrogens with zero attached hydrogens (tertiary/aromatic N) is 5. The van der Waals surface area contributed by atoms with Gasteiger partial charge < -0.3 is 25.4 Å². The maximum absolute atomic E-state index is 13.6. The van der Waals surface area contributed by atoms with Gasteiger partial charge >= 0.3 is 0 Å². The van der Waals surface area contributed by atoms with Crippen LogP contribution in [0.15, 0.2) is 42.9 Å². The maximum atomic E-state index is 13.6. The molecule has 42 heavy (non-hydrogen) atoms. The van der Waals surface area contributed by atoms with E-state index in [9.17, 15) is 9.18 Å². The number of fused-ring (bicyclic) bond motifs is 1. The molecule has 4 aromatic heterocycles. The highest BCUT2D eigenvalue weighted by Gasteiger charge is 2.44. The third-order valence-electron chi connectivity index (χ3n) is 8.02. The number of aryl methyl sites for hydroxylation is 1. The summed E-state index contributed by atoms with van der Waals surface area (Å²) < 4.78 is 26.5. The molecule has 0 unspecified atom stereocenters. The molecule has 4 aromatic rings. The minimum atomic E-state index is -0.947. The van der Waals surface area contributed by atoms with E-state index < -0.39 is 11.4 Å². The number of H-pyrrole nitrogens is 1. The number of carbonyl (C=O) groups is 1. The number of aromatic nitrogens is 6. The summed E-state index contributed by atoms with van der Waals surface area (Å²) in [6.45, 7) is 5.12. The zero-order valence-corrected chi connectivity index (χ0v) is 23.8. The highest BCUT2D eigenvalue weighted by Crippen LogP contribution is 2.45. The van der Waals surface area contributed by atoms with E-state index in [1.807, 2.05) is 32.0 Å². The first kappa shape index (κ1) is 27.6. The molecule has 2 aliphatic rings. The summed E-state index contributed by atoms with van der Waals surface area (Å²) in [5.74, 6) is 2.11. The van der Waals surface area contributed by atoms with Gasteiger partial charge in [-0.3, -0.25) is 9.89 Å². The van der Waals surface area contributed by atoms with Crippen LogP contribution in [0.25, 0.3) is 5.82 Å². The first-order valence-corrected chi connectivity index (χ1v) is 14.1. The van der Waals surface area contributed by atoms with Gasteiger partial charge in [-0.1, -0.05) is 6.07 Å². The fraction of sp³-hybridized carbons (Fsp3) is 0.414. The Hall–Kier alpha value is -4.52. The number of pyridine rings is 2. The van der Waals surface area contributed by atoms with Crippen molar-refractivity contribution in [3.8, 4) is 11.6 Å². The number of anilines is 3. The van der Waals surface area contributed by atoms with Gasteiger partial charge in [-0.2, -0.15) is 10.2 Å². The van der Waals surface area contributed by atoms with Crippen molar-refractivity contribution < 1.29 is 18.7 Å². The fourth-order valence-corrected chi connectivity index (χ4v) is 5.65. The number of rotatable bonds is 8. The SMILES string of the molecule is CO[C@]1(C(=O)N[C@@H](C)c2ccc(-n3cc(F)cn3)nc2)CC[C@H](c2nc(Nc3cc(C)[nH]n3)cc3c2NCCO3)CC1. The van der Waals surface area contributed by atoms with Gasteiger partial charge in [0, 0.05) is 43.6 Å². The number of methoxy groups -OCH3 is 1. The van der Waals surface area contributed by atoms with Crippen molar-refractivity contribution in [3.05, 3.63) is 65.6 Å². The minimum Gasteiger partial charge on any atom is -0.489 e. The third kappa shape index (κ3) is 5.51. The van der Waals surface area contributed by atoms with E-state index in [1.165, 1.54) is 10.9 Å². The molecule has 12 nitrogen and oxygen atoms in total. The molecule has 1 aliphatic heterocycles. The molecule has 1 amide bonds. The molecule has 0 aromatic carbocycles. The second-order valence-corrected chi connectivity index (χ2v) is 10.8. The molecule has 1 aliphatic carbocycles. The number of ether oxygens (including phenoxy) is 2. The van der Waals surface area contributed by atoms with Crippen molar-refractivity contribution in [1.29, 1.82) is 0 Å². The van der Waals surface area contributed by atoms with Gasteiger partial charge in [0.25, 0.3) is 5.91 Å². The highest BCUT2D eigenvalue weighted by molar-refractivity contribution is 5.85. The van der Waals surface area contributed by atoms with E-state index in [0.29, 0.717) is 43.4 Å². The van der Waals surface area contributed by atoms with Crippen LogP contribution >= 0.6 is 0 Å². The summed E-state index contributed by atoms with van der Waals surface area (Å²) in [6.07, 6.45) is 6.57. The molecular weight excluding hydrogens is 541 g/mol. The molecule has 0 spiro atoms. The lowest BCUT2D eigenvalue weighted by Gasteiger charge is -2.39. The average Bonchev–Trinajstić information content (AvgIpc) is 3.64. The van der Waals surface area contributed by atoms with Gasteiger partial charge in [0.05, 0.1) is 29.8 Å². The van der Waals surface area contributed by atoms with E-state index in [0.717, 1.165) is 47.4 Å². The molecule has 13 heteroatoms. The molecule has 6 rings (SSSR count). The monoisotopic (exact) mass is 575 g/mol. The first-order valence-electron chi connectivity index (χ1n) is 14.1. The molecule has 1 saturated carbocycles. The van der Waals surface area contributed by atoms with Crippen molar-refractivity contribution in [2.24, 2.45) is 0 Å². The Labute approximate surface area is 242 Å². The van der Waals surface area contributed by atoms with E-state index >= 15 is 0 Å². The number of hydrogen-bond donors (Lipinski definition) is 4. The number of hydrogen-bond acceptors (Lipinski definition) is 9. The van der Waals surface area contributed by atoms with Crippen molar-refractivity contribution in [3.63, 3.8) is 0 Å². The van der Waals surface area contributed by atoms with Crippen LogP contribution in [0.3, 0.4) is 0 Å². The van der Waals surface area contributed by atoms with Crippen LogP contribution in [0.5, 0.6) is 5.75 Å². The summed E-state index contributed by atoms with van der Waals surface area (Å²) in [5.41, 5.74) is 2.65. The summed E-state index contributed by atoms with van der Waals surface area (Å²) in [4.78, 5) is 22.9. The van der Waals surface area contributed by atoms with E-state index in [2.05, 4.69) is 36.2 Å². The summed E-state index contributed by atoms with van der Waals surface area (Å²) >= 11 is 0. The second kappa shape index (κ2) is 11.4. The minimum absolute atomic E-state index is 0.119. The summed E-state index contributed by atoms with van der Waals surface area (Å²) in [6, 6.07) is 7.09. The van der Waals surface area contributed by atoms with Crippen LogP contribution in [0.2, 0.25) is 0 Å². The number of carbonyl (C=O) groups excluding carboxylic acids is 1. The van der Waals surface area contributed by atoms with E-state index in [1.54, 1.807) is 19.4 Å². The molecule has 1 atom stereocenters. The van der Waals surface area contributed by atoms with Crippen LogP contribution in [0.4, 0.5) is 21.7 Å². The number of aromatic amines is 1. The van der Waals surface area contributed by atoms with Gasteiger partial charge in [-0.05, 0) is 51.2 Å². The Morgan fingerprint density at radius 2 is 2.07 bits per heavy atom. The number of halogens is 1. The van der Waals surface area contributed by atoms with Crippen LogP contribution < -0.4 is 20.7 Å². The Kier molecular flexibility index (Phi) is 7.50. The smallest absolute Gasteiger partial charge is 0.252 e. The fourth-order valence-electron chi connectivity index (χ4n) is 5.65. The normalized spacial score (nSPS) is 20.6. The predicted molar refractivity (Wildman–Crippen MR) is 154 cm³/mol. The Morgan fingerprint density at radius 1 is 1.24 bits per heavy atom. The molecule has 4 N–H and O–H groups in total. The Morgan fingerprint density at radius 3 is 2.74 bits per heavy atom. The van der Waals surface area contributed by atoms with E-state index in [4.69, 9.17) is 14.5 Å². The van der Waals surface area contributed by atoms with Gasteiger partial charge in [-0.25, -0.2) is 19.0 Å². The van der Waals surface area contributed by atoms with E-state index in [-0.39, 0.29) is 17.9 Å². The Bertz CT molecular complexity index is 1560. The molecule has 0 bridgehead atoms. The van der Waals surface area contributed by atoms with Gasteiger partial charge in [0.2, 0.25) is 0 Å². The standard InChI is InChI=1S/C29H34FN9O3/c1-17-12-24(38-37-17)35-23-13-22-27(31-10-11-42-22)26(36-23)19-6-8-29(41-3,9-7-19)28(40)34-18(2)20-4-5-25(32-14-20)39-16-21(30)15-33-39/h4-5,12-16,18-19,31H,6-11H2,1-3H3,(H,34,40)(H2,35,36,37,38)/t18-,19-,29+/m0/s1. The van der Waals surface area contributed by atoms with Gasteiger partial charge in [-0.15, -0.1) is 0 Å². The largest absolute Gasteiger partial charge is 0.489 e. The topological polar surface area (TPSA) is 144 Å². The lowest BCUT2D eigenvalue weighted by molar-refractivity contribution is -0.148. The number of amides is 1. The van der Waals surface area contributed by atoms with Crippen molar-refractivity contribution in [1.82, 2.24) is 35.3 Å². The molecular formula is C29H34FN9O3. The Balaban J connectivity index is 1.14. The molecule has 5 heterocycles. The molecule has 0 saturated heterocycles. The second-order valence-electron chi connectivity index (χ2n) is 10.8. The number of nitrogens with one attached hydrogen (secondary N) is 4. The van der Waals surface area contributed by atoms with Gasteiger partial charge in [0.15, 0.2) is 17.5 Å². The van der Waals surface area contributed by atoms with Crippen LogP contribution in [0, 0.1) is 12.7 Å². The van der Waals surface area contributed by atoms with Gasteiger partial charge in [0.1, 0.15) is 23.8 Å². The zero-order valence-electron chi connectivity index (χ0n) is 23.8. The molecule has 1 fully saturated rings. The van der Waals surface area contributed by atoms with Crippen LogP contribution in [0.1, 0.15) is 61.5 Å². The average molecular weight is 576 g/mol. The lowest BCUT2D eigenvalue weighted by Crippen LogP contribution is -2.50. The van der Waals surface area contributed by atoms with Crippen molar-refractivity contribution in [2.75, 3.05) is 30.9 Å². The molecule has 0 radical (unpaired) electrons. The quantitative estimate of drug-likeness (QED) is 0.242. The third-order valence-corrected chi connectivity index (χ3v) is 8.02. The lowest BCUT2D eigenvalue weighted by atomic mass is 9.76. The summed E-state index contributed by atoms with van der Waals surface area (Å²) in [5, 5.41) is 21.0. The summed E-state index contributed by atoms with van der Waals surface area (Å²) in [7, 11) is 1.59.